The maximum Gasteiger partial charge on any atom is 0.303 e. The van der Waals surface area contributed by atoms with E-state index in [0.29, 0.717) is 5.56 Å². The van der Waals surface area contributed by atoms with Crippen LogP contribution in [0.3, 0.4) is 0 Å². The normalized spacial score (nSPS) is 15.3. The van der Waals surface area contributed by atoms with E-state index in [1.807, 2.05) is 30.7 Å². The third kappa shape index (κ3) is 5.31. The Morgan fingerprint density at radius 2 is 1.86 bits per heavy atom. The van der Waals surface area contributed by atoms with Gasteiger partial charge in [0.05, 0.1) is 17.4 Å². The van der Waals surface area contributed by atoms with Gasteiger partial charge in [-0.1, -0.05) is 56.6 Å². The van der Waals surface area contributed by atoms with Crippen LogP contribution in [0.15, 0.2) is 36.5 Å². The zero-order valence-corrected chi connectivity index (χ0v) is 21.5. The van der Waals surface area contributed by atoms with Crippen molar-refractivity contribution in [3.05, 3.63) is 58.4 Å². The van der Waals surface area contributed by atoms with Crippen LogP contribution in [-0.2, 0) is 25.2 Å². The average Bonchev–Trinajstić information content (AvgIpc) is 2.78. The molecule has 1 fully saturated rings. The van der Waals surface area contributed by atoms with E-state index in [-0.39, 0.29) is 41.8 Å². The number of aromatic nitrogens is 1. The molecule has 0 radical (unpaired) electrons. The predicted octanol–water partition coefficient (Wildman–Crippen LogP) is 2.18. The van der Waals surface area contributed by atoms with Crippen molar-refractivity contribution in [3.63, 3.8) is 0 Å². The van der Waals surface area contributed by atoms with Gasteiger partial charge in [-0.15, -0.1) is 0 Å². The molecule has 3 rings (SSSR count). The van der Waals surface area contributed by atoms with E-state index >= 15 is 0 Å². The molecule has 0 aliphatic carbocycles. The van der Waals surface area contributed by atoms with E-state index < -0.39 is 33.3 Å². The highest BCUT2D eigenvalue weighted by Gasteiger charge is 2.55. The van der Waals surface area contributed by atoms with Crippen LogP contribution >= 0.6 is 11.6 Å². The fourth-order valence-corrected chi connectivity index (χ4v) is 5.47. The summed E-state index contributed by atoms with van der Waals surface area (Å²) in [5.74, 6) is -1.56. The Labute approximate surface area is 209 Å². The average molecular weight is 522 g/mol. The number of rotatable bonds is 8. The van der Waals surface area contributed by atoms with Crippen LogP contribution in [0.1, 0.15) is 54.6 Å². The lowest BCUT2D eigenvalue weighted by Gasteiger charge is -2.48. The Morgan fingerprint density at radius 1 is 1.20 bits per heavy atom. The van der Waals surface area contributed by atoms with Gasteiger partial charge in [-0.25, -0.2) is 9.71 Å². The molecule has 1 aliphatic rings. The molecule has 0 bridgehead atoms. The van der Waals surface area contributed by atoms with E-state index in [1.165, 1.54) is 19.3 Å². The number of hydrogen-bond acceptors (Lipinski definition) is 6. The number of nitrogens with one attached hydrogen (secondary N) is 3. The van der Waals surface area contributed by atoms with Gasteiger partial charge in [0.15, 0.2) is 0 Å². The first kappa shape index (κ1) is 26.6. The van der Waals surface area contributed by atoms with E-state index in [9.17, 15) is 22.8 Å². The Hall–Kier alpha value is -3.02. The van der Waals surface area contributed by atoms with Crippen LogP contribution in [-0.4, -0.2) is 55.6 Å². The summed E-state index contributed by atoms with van der Waals surface area (Å²) in [5.41, 5.74) is 0.555. The number of benzene rings is 1. The summed E-state index contributed by atoms with van der Waals surface area (Å²) in [6.07, 6.45) is 1.28. The Morgan fingerprint density at radius 3 is 2.46 bits per heavy atom. The summed E-state index contributed by atoms with van der Waals surface area (Å²) in [6, 6.07) is 8.66. The number of anilines is 1. The maximum atomic E-state index is 13.8. The topological polar surface area (TPSA) is 138 Å². The van der Waals surface area contributed by atoms with Crippen LogP contribution < -0.4 is 15.4 Å². The summed E-state index contributed by atoms with van der Waals surface area (Å²) >= 11 is 5.95. The second-order valence-corrected chi connectivity index (χ2v) is 10.6. The number of hydrogen-bond donors (Lipinski definition) is 3. The third-order valence-corrected chi connectivity index (χ3v) is 7.55. The Bertz CT molecular complexity index is 1260. The smallest absolute Gasteiger partial charge is 0.303 e. The zero-order valence-electron chi connectivity index (χ0n) is 19.9. The number of carbonyl (C=O) groups is 3. The van der Waals surface area contributed by atoms with Gasteiger partial charge in [0.2, 0.25) is 11.8 Å². The Kier molecular flexibility index (Phi) is 7.83. The SMILES string of the molecule is CCC(=O)NS(=O)(=O)N1CC(C(=O)Nc2cnc(Cl)cc2C(=O)NC)(c2ccccc2C(C)C)C1. The fraction of sp³-hybridized carbons (Fsp3) is 0.391. The van der Waals surface area contributed by atoms with Gasteiger partial charge in [-0.2, -0.15) is 12.7 Å². The van der Waals surface area contributed by atoms with Crippen LogP contribution in [0.25, 0.3) is 0 Å². The molecule has 35 heavy (non-hydrogen) atoms. The summed E-state index contributed by atoms with van der Waals surface area (Å²) < 4.78 is 28.5. The fourth-order valence-electron chi connectivity index (χ4n) is 3.97. The van der Waals surface area contributed by atoms with Crippen molar-refractivity contribution in [1.29, 1.82) is 0 Å². The summed E-state index contributed by atoms with van der Waals surface area (Å²) in [5, 5.41) is 5.32. The standard InChI is InChI=1S/C23H28ClN5O5S/c1-5-20(30)28-35(33,34)29-12-23(13-29,17-9-7-6-8-15(17)14(2)3)22(32)27-18-11-26-19(24)10-16(18)21(31)25-4/h6-11,14H,5,12-13H2,1-4H3,(H,25,31)(H,27,32)(H,28,30). The second kappa shape index (κ2) is 10.3. The van der Waals surface area contributed by atoms with Gasteiger partial charge in [0, 0.05) is 26.6 Å². The molecule has 2 aromatic rings. The summed E-state index contributed by atoms with van der Waals surface area (Å²) in [6.45, 7) is 5.12. The minimum Gasteiger partial charge on any atom is -0.355 e. The molecule has 1 aromatic carbocycles. The second-order valence-electron chi connectivity index (χ2n) is 8.56. The van der Waals surface area contributed by atoms with Gasteiger partial charge < -0.3 is 10.6 Å². The molecule has 0 unspecified atom stereocenters. The van der Waals surface area contributed by atoms with E-state index in [0.717, 1.165) is 9.87 Å². The van der Waals surface area contributed by atoms with Crippen LogP contribution in [0.5, 0.6) is 0 Å². The van der Waals surface area contributed by atoms with E-state index in [2.05, 4.69) is 15.6 Å². The van der Waals surface area contributed by atoms with Crippen molar-refractivity contribution >= 4 is 45.2 Å². The molecule has 188 valence electrons. The maximum absolute atomic E-state index is 13.8. The molecule has 10 nitrogen and oxygen atoms in total. The number of nitrogens with zero attached hydrogens (tertiary/aromatic N) is 2. The van der Waals surface area contributed by atoms with Crippen molar-refractivity contribution in [2.75, 3.05) is 25.5 Å². The first-order chi connectivity index (χ1) is 16.4. The van der Waals surface area contributed by atoms with Crippen molar-refractivity contribution in [2.24, 2.45) is 0 Å². The highest BCUT2D eigenvalue weighted by molar-refractivity contribution is 7.87. The molecular formula is C23H28ClN5O5S. The van der Waals surface area contributed by atoms with Gasteiger partial charge >= 0.3 is 10.2 Å². The minimum absolute atomic E-state index is 0.000712. The molecule has 3 N–H and O–H groups in total. The molecular weight excluding hydrogens is 494 g/mol. The van der Waals surface area contributed by atoms with Crippen molar-refractivity contribution in [1.82, 2.24) is 19.3 Å². The van der Waals surface area contributed by atoms with Crippen LogP contribution in [0, 0.1) is 0 Å². The molecule has 3 amide bonds. The van der Waals surface area contributed by atoms with Gasteiger partial charge in [0.25, 0.3) is 5.91 Å². The number of pyridine rings is 1. The molecule has 0 spiro atoms. The molecule has 1 saturated heterocycles. The monoisotopic (exact) mass is 521 g/mol. The molecule has 12 heteroatoms. The molecule has 1 aromatic heterocycles. The molecule has 1 aliphatic heterocycles. The zero-order chi connectivity index (χ0) is 26.0. The highest BCUT2D eigenvalue weighted by atomic mass is 35.5. The van der Waals surface area contributed by atoms with Crippen LogP contribution in [0.2, 0.25) is 5.15 Å². The van der Waals surface area contributed by atoms with Gasteiger partial charge in [-0.05, 0) is 23.1 Å². The quantitative estimate of drug-likeness (QED) is 0.455. The lowest BCUT2D eigenvalue weighted by Crippen LogP contribution is -2.68. The van der Waals surface area contributed by atoms with Gasteiger partial charge in [-0.3, -0.25) is 14.4 Å². The van der Waals surface area contributed by atoms with Crippen molar-refractivity contribution in [3.8, 4) is 0 Å². The van der Waals surface area contributed by atoms with E-state index in [4.69, 9.17) is 11.6 Å². The van der Waals surface area contributed by atoms with Gasteiger partial charge in [0.1, 0.15) is 10.6 Å². The van der Waals surface area contributed by atoms with Crippen LogP contribution in [0.4, 0.5) is 5.69 Å². The summed E-state index contributed by atoms with van der Waals surface area (Å²) in [7, 11) is -2.68. The third-order valence-electron chi connectivity index (χ3n) is 5.92. The summed E-state index contributed by atoms with van der Waals surface area (Å²) in [4.78, 5) is 41.8. The highest BCUT2D eigenvalue weighted by Crippen LogP contribution is 2.41. The van der Waals surface area contributed by atoms with E-state index in [1.54, 1.807) is 19.1 Å². The number of halogens is 1. The first-order valence-electron chi connectivity index (χ1n) is 11.0. The Balaban J connectivity index is 2.03. The first-order valence-corrected chi connectivity index (χ1v) is 12.9. The lowest BCUT2D eigenvalue weighted by molar-refractivity contribution is -0.125. The minimum atomic E-state index is -4.12. The predicted molar refractivity (Wildman–Crippen MR) is 132 cm³/mol. The molecule has 0 saturated carbocycles. The largest absolute Gasteiger partial charge is 0.355 e. The number of carbonyl (C=O) groups excluding carboxylic acids is 3. The molecule has 2 heterocycles. The lowest BCUT2D eigenvalue weighted by atomic mass is 9.71. The molecule has 0 atom stereocenters. The van der Waals surface area contributed by atoms with Crippen molar-refractivity contribution in [2.45, 2.75) is 38.5 Å². The number of amides is 3. The van der Waals surface area contributed by atoms with Crippen molar-refractivity contribution < 1.29 is 22.8 Å².